The van der Waals surface area contributed by atoms with Gasteiger partial charge in [-0.05, 0) is 30.4 Å². The zero-order valence-electron chi connectivity index (χ0n) is 12.7. The molecule has 0 unspecified atom stereocenters. The summed E-state index contributed by atoms with van der Waals surface area (Å²) in [6, 6.07) is 10.3. The molecule has 3 aromatic rings. The van der Waals surface area contributed by atoms with Gasteiger partial charge >= 0.3 is 0 Å². The highest BCUT2D eigenvalue weighted by molar-refractivity contribution is 7.99. The first-order valence-corrected chi connectivity index (χ1v) is 9.53. The molecular formula is C18H17N3S2. The average Bonchev–Trinajstić information content (AvgIpc) is 3.13. The van der Waals surface area contributed by atoms with Crippen molar-refractivity contribution in [2.24, 2.45) is 0 Å². The largest absolute Gasteiger partial charge is 0.383 e. The molecule has 5 heteroatoms. The Balaban J connectivity index is 1.50. The normalized spacial score (nSPS) is 13.9. The number of aromatic nitrogens is 2. The van der Waals surface area contributed by atoms with E-state index in [1.807, 2.05) is 18.2 Å². The fourth-order valence-corrected chi connectivity index (χ4v) is 4.93. The molecule has 0 amide bonds. The molecule has 1 aromatic carbocycles. The SMILES string of the molecule is Nc1nc(SC/C=C/c2ccccc2)nc2sc3c(c12)CCC3. The first-order chi connectivity index (χ1) is 11.3. The zero-order chi connectivity index (χ0) is 15.6. The van der Waals surface area contributed by atoms with Crippen LogP contribution < -0.4 is 5.73 Å². The van der Waals surface area contributed by atoms with Gasteiger partial charge in [0, 0.05) is 10.6 Å². The molecule has 0 fully saturated rings. The van der Waals surface area contributed by atoms with Crippen molar-refractivity contribution >= 4 is 45.2 Å². The molecule has 1 aliphatic carbocycles. The third-order valence-electron chi connectivity index (χ3n) is 3.99. The minimum Gasteiger partial charge on any atom is -0.383 e. The Labute approximate surface area is 143 Å². The summed E-state index contributed by atoms with van der Waals surface area (Å²) in [5, 5.41) is 1.87. The Kier molecular flexibility index (Phi) is 4.06. The lowest BCUT2D eigenvalue weighted by molar-refractivity contribution is 0.916. The topological polar surface area (TPSA) is 51.8 Å². The van der Waals surface area contributed by atoms with E-state index in [0.29, 0.717) is 5.82 Å². The van der Waals surface area contributed by atoms with Crippen LogP contribution in [0.1, 0.15) is 22.4 Å². The summed E-state index contributed by atoms with van der Waals surface area (Å²) < 4.78 is 0. The van der Waals surface area contributed by atoms with Crippen LogP contribution in [0.15, 0.2) is 41.6 Å². The number of thioether (sulfide) groups is 1. The summed E-state index contributed by atoms with van der Waals surface area (Å²) in [4.78, 5) is 11.7. The van der Waals surface area contributed by atoms with Crippen molar-refractivity contribution in [1.82, 2.24) is 9.97 Å². The Hall–Kier alpha value is -1.85. The number of thiophene rings is 1. The van der Waals surface area contributed by atoms with Crippen LogP contribution in [-0.2, 0) is 12.8 Å². The van der Waals surface area contributed by atoms with Crippen LogP contribution in [0.3, 0.4) is 0 Å². The summed E-state index contributed by atoms with van der Waals surface area (Å²) in [7, 11) is 0. The molecular weight excluding hydrogens is 322 g/mol. The summed E-state index contributed by atoms with van der Waals surface area (Å²) in [5.41, 5.74) is 8.79. The van der Waals surface area contributed by atoms with Crippen molar-refractivity contribution in [1.29, 1.82) is 0 Å². The quantitative estimate of drug-likeness (QED) is 0.559. The van der Waals surface area contributed by atoms with Gasteiger partial charge in [0.15, 0.2) is 5.16 Å². The lowest BCUT2D eigenvalue weighted by atomic mass is 10.2. The maximum atomic E-state index is 6.19. The fourth-order valence-electron chi connectivity index (χ4n) is 2.94. The maximum Gasteiger partial charge on any atom is 0.191 e. The van der Waals surface area contributed by atoms with E-state index in [4.69, 9.17) is 10.7 Å². The van der Waals surface area contributed by atoms with Gasteiger partial charge in [-0.15, -0.1) is 11.3 Å². The number of hydrogen-bond donors (Lipinski definition) is 1. The van der Waals surface area contributed by atoms with Crippen molar-refractivity contribution in [2.45, 2.75) is 24.4 Å². The van der Waals surface area contributed by atoms with E-state index in [1.54, 1.807) is 23.1 Å². The number of nitrogens with zero attached hydrogens (tertiary/aromatic N) is 2. The minimum absolute atomic E-state index is 0.643. The molecule has 2 heterocycles. The molecule has 4 rings (SSSR count). The van der Waals surface area contributed by atoms with Crippen molar-refractivity contribution in [3.63, 3.8) is 0 Å². The smallest absolute Gasteiger partial charge is 0.191 e. The molecule has 0 bridgehead atoms. The van der Waals surface area contributed by atoms with Gasteiger partial charge in [-0.25, -0.2) is 9.97 Å². The number of rotatable bonds is 4. The predicted octanol–water partition coefficient (Wildman–Crippen LogP) is 4.57. The number of nitrogen functional groups attached to an aromatic ring is 1. The standard InChI is InChI=1S/C18H17N3S2/c19-16-15-13-9-4-10-14(13)23-17(15)21-18(20-16)22-11-5-8-12-6-2-1-3-7-12/h1-3,5-8H,4,9-11H2,(H2,19,20,21)/b8-5+. The van der Waals surface area contributed by atoms with E-state index in [1.165, 1.54) is 22.4 Å². The van der Waals surface area contributed by atoms with E-state index >= 15 is 0 Å². The zero-order valence-corrected chi connectivity index (χ0v) is 14.3. The fraction of sp³-hybridized carbons (Fsp3) is 0.222. The molecule has 0 radical (unpaired) electrons. The van der Waals surface area contributed by atoms with E-state index in [0.717, 1.165) is 34.0 Å². The molecule has 0 aliphatic heterocycles. The number of nitrogens with two attached hydrogens (primary N) is 1. The first kappa shape index (κ1) is 14.7. The van der Waals surface area contributed by atoms with Gasteiger partial charge in [0.05, 0.1) is 5.39 Å². The van der Waals surface area contributed by atoms with Crippen molar-refractivity contribution in [3.05, 3.63) is 52.4 Å². The molecule has 1 aliphatic rings. The van der Waals surface area contributed by atoms with Gasteiger partial charge in [0.25, 0.3) is 0 Å². The van der Waals surface area contributed by atoms with Crippen LogP contribution in [0.5, 0.6) is 0 Å². The number of aryl methyl sites for hydroxylation is 2. The second-order valence-electron chi connectivity index (χ2n) is 5.55. The van der Waals surface area contributed by atoms with Crippen molar-refractivity contribution in [2.75, 3.05) is 11.5 Å². The molecule has 0 saturated carbocycles. The highest BCUT2D eigenvalue weighted by Gasteiger charge is 2.21. The van der Waals surface area contributed by atoms with Crippen LogP contribution in [0.4, 0.5) is 5.82 Å². The molecule has 0 saturated heterocycles. The highest BCUT2D eigenvalue weighted by atomic mass is 32.2. The third kappa shape index (κ3) is 2.99. The van der Waals surface area contributed by atoms with Crippen LogP contribution in [-0.4, -0.2) is 15.7 Å². The lowest BCUT2D eigenvalue weighted by Gasteiger charge is -2.02. The van der Waals surface area contributed by atoms with E-state index in [9.17, 15) is 0 Å². The van der Waals surface area contributed by atoms with Crippen LogP contribution >= 0.6 is 23.1 Å². The molecule has 2 aromatic heterocycles. The highest BCUT2D eigenvalue weighted by Crippen LogP contribution is 2.39. The Morgan fingerprint density at radius 1 is 1.17 bits per heavy atom. The molecule has 3 nitrogen and oxygen atoms in total. The third-order valence-corrected chi connectivity index (χ3v) is 5.98. The monoisotopic (exact) mass is 339 g/mol. The van der Waals surface area contributed by atoms with Crippen LogP contribution in [0, 0.1) is 0 Å². The summed E-state index contributed by atoms with van der Waals surface area (Å²) in [6.07, 6.45) is 7.78. The first-order valence-electron chi connectivity index (χ1n) is 7.73. The second kappa shape index (κ2) is 6.34. The maximum absolute atomic E-state index is 6.19. The summed E-state index contributed by atoms with van der Waals surface area (Å²) in [5.74, 6) is 1.48. The van der Waals surface area contributed by atoms with Crippen LogP contribution in [0.2, 0.25) is 0 Å². The summed E-state index contributed by atoms with van der Waals surface area (Å²) >= 11 is 3.42. The van der Waals surface area contributed by atoms with Gasteiger partial charge in [-0.2, -0.15) is 0 Å². The van der Waals surface area contributed by atoms with Crippen LogP contribution in [0.25, 0.3) is 16.3 Å². The lowest BCUT2D eigenvalue weighted by Crippen LogP contribution is -1.96. The van der Waals surface area contributed by atoms with Crippen molar-refractivity contribution in [3.8, 4) is 0 Å². The van der Waals surface area contributed by atoms with E-state index < -0.39 is 0 Å². The average molecular weight is 339 g/mol. The summed E-state index contributed by atoms with van der Waals surface area (Å²) in [6.45, 7) is 0. The molecule has 2 N–H and O–H groups in total. The Morgan fingerprint density at radius 3 is 2.91 bits per heavy atom. The Morgan fingerprint density at radius 2 is 2.04 bits per heavy atom. The van der Waals surface area contributed by atoms with E-state index in [-0.39, 0.29) is 0 Å². The second-order valence-corrected chi connectivity index (χ2v) is 7.62. The number of hydrogen-bond acceptors (Lipinski definition) is 5. The van der Waals surface area contributed by atoms with Gasteiger partial charge < -0.3 is 5.73 Å². The molecule has 116 valence electrons. The number of anilines is 1. The predicted molar refractivity (Wildman–Crippen MR) is 100 cm³/mol. The minimum atomic E-state index is 0.643. The Bertz CT molecular complexity index is 869. The van der Waals surface area contributed by atoms with Gasteiger partial charge in [-0.3, -0.25) is 0 Å². The molecule has 23 heavy (non-hydrogen) atoms. The van der Waals surface area contributed by atoms with E-state index in [2.05, 4.69) is 29.3 Å². The number of fused-ring (bicyclic) bond motifs is 3. The van der Waals surface area contributed by atoms with Gasteiger partial charge in [-0.1, -0.05) is 54.2 Å². The molecule has 0 atom stereocenters. The number of benzene rings is 1. The van der Waals surface area contributed by atoms with Crippen molar-refractivity contribution < 1.29 is 0 Å². The van der Waals surface area contributed by atoms with Gasteiger partial charge in [0.1, 0.15) is 10.6 Å². The van der Waals surface area contributed by atoms with Gasteiger partial charge in [0.2, 0.25) is 0 Å². The molecule has 0 spiro atoms.